The van der Waals surface area contributed by atoms with Crippen molar-refractivity contribution in [2.75, 3.05) is 37.9 Å². The molecule has 0 bridgehead atoms. The minimum Gasteiger partial charge on any atom is -0.497 e. The lowest BCUT2D eigenvalue weighted by Gasteiger charge is -2.20. The second-order valence-electron chi connectivity index (χ2n) is 6.77. The summed E-state index contributed by atoms with van der Waals surface area (Å²) in [6.45, 7) is 1.66. The van der Waals surface area contributed by atoms with E-state index in [0.717, 1.165) is 47.9 Å². The summed E-state index contributed by atoms with van der Waals surface area (Å²) in [6.07, 6.45) is 2.01. The standard InChI is InChI=1S/C21H27N3O3/c1-26-18-11-17(12-19(13-18)27-2)24-10-9-16(14-24)23-21(25)8-7-15-5-3-4-6-20(15)22/h3-6,11-13,16H,7-10,14,22H2,1-2H3,(H,23,25). The van der Waals surface area contributed by atoms with Gasteiger partial charge in [0.25, 0.3) is 0 Å². The highest BCUT2D eigenvalue weighted by Gasteiger charge is 2.24. The zero-order valence-corrected chi connectivity index (χ0v) is 15.9. The second kappa shape index (κ2) is 8.66. The second-order valence-corrected chi connectivity index (χ2v) is 6.77. The monoisotopic (exact) mass is 369 g/mol. The Morgan fingerprint density at radius 2 is 1.89 bits per heavy atom. The third-order valence-electron chi connectivity index (χ3n) is 4.93. The molecule has 1 amide bonds. The lowest BCUT2D eigenvalue weighted by atomic mass is 10.1. The molecule has 144 valence electrons. The minimum atomic E-state index is 0.0633. The van der Waals surface area contributed by atoms with Crippen LogP contribution in [-0.2, 0) is 11.2 Å². The Morgan fingerprint density at radius 1 is 1.19 bits per heavy atom. The molecule has 0 spiro atoms. The minimum absolute atomic E-state index is 0.0633. The van der Waals surface area contributed by atoms with Crippen LogP contribution in [-0.4, -0.2) is 39.3 Å². The van der Waals surface area contributed by atoms with Gasteiger partial charge in [-0.2, -0.15) is 0 Å². The Kier molecular flexibility index (Phi) is 6.06. The normalized spacial score (nSPS) is 16.2. The Bertz CT molecular complexity index is 772. The molecule has 0 aliphatic carbocycles. The van der Waals surface area contributed by atoms with Crippen molar-refractivity contribution in [1.29, 1.82) is 0 Å². The van der Waals surface area contributed by atoms with E-state index in [0.29, 0.717) is 12.8 Å². The quantitative estimate of drug-likeness (QED) is 0.734. The first kappa shape index (κ1) is 18.9. The van der Waals surface area contributed by atoms with Crippen LogP contribution in [0.5, 0.6) is 11.5 Å². The van der Waals surface area contributed by atoms with E-state index in [4.69, 9.17) is 15.2 Å². The molecule has 27 heavy (non-hydrogen) atoms. The molecule has 2 aromatic rings. The number of carbonyl (C=O) groups excluding carboxylic acids is 1. The maximum absolute atomic E-state index is 12.3. The maximum Gasteiger partial charge on any atom is 0.220 e. The van der Waals surface area contributed by atoms with Gasteiger partial charge in [-0.25, -0.2) is 0 Å². The predicted molar refractivity (Wildman–Crippen MR) is 107 cm³/mol. The number of hydrogen-bond acceptors (Lipinski definition) is 5. The lowest BCUT2D eigenvalue weighted by molar-refractivity contribution is -0.121. The van der Waals surface area contributed by atoms with Gasteiger partial charge in [0.2, 0.25) is 5.91 Å². The Balaban J connectivity index is 1.54. The Hall–Kier alpha value is -2.89. The van der Waals surface area contributed by atoms with E-state index < -0.39 is 0 Å². The smallest absolute Gasteiger partial charge is 0.220 e. The molecule has 2 aromatic carbocycles. The van der Waals surface area contributed by atoms with E-state index in [1.165, 1.54) is 0 Å². The molecular weight excluding hydrogens is 342 g/mol. The molecule has 0 aromatic heterocycles. The van der Waals surface area contributed by atoms with Gasteiger partial charge in [-0.05, 0) is 24.5 Å². The van der Waals surface area contributed by atoms with Crippen LogP contribution in [0.1, 0.15) is 18.4 Å². The van der Waals surface area contributed by atoms with Crippen LogP contribution in [0, 0.1) is 0 Å². The first-order valence-electron chi connectivity index (χ1n) is 9.20. The molecule has 6 heteroatoms. The van der Waals surface area contributed by atoms with E-state index in [1.54, 1.807) is 14.2 Å². The van der Waals surface area contributed by atoms with Crippen LogP contribution in [0.4, 0.5) is 11.4 Å². The maximum atomic E-state index is 12.3. The van der Waals surface area contributed by atoms with E-state index in [-0.39, 0.29) is 11.9 Å². The summed E-state index contributed by atoms with van der Waals surface area (Å²) in [4.78, 5) is 14.6. The number of nitrogens with one attached hydrogen (secondary N) is 1. The first-order valence-corrected chi connectivity index (χ1v) is 9.20. The summed E-state index contributed by atoms with van der Waals surface area (Å²) in [5.74, 6) is 1.59. The van der Waals surface area contributed by atoms with Gasteiger partial charge in [-0.15, -0.1) is 0 Å². The predicted octanol–water partition coefficient (Wildman–Crippen LogP) is 2.61. The number of aryl methyl sites for hydroxylation is 1. The fourth-order valence-electron chi connectivity index (χ4n) is 3.40. The Labute approximate surface area is 160 Å². The summed E-state index contributed by atoms with van der Waals surface area (Å²) in [6, 6.07) is 13.7. The highest BCUT2D eigenvalue weighted by atomic mass is 16.5. The van der Waals surface area contributed by atoms with Gasteiger partial charge in [-0.1, -0.05) is 18.2 Å². The van der Waals surface area contributed by atoms with Gasteiger partial charge in [-0.3, -0.25) is 4.79 Å². The van der Waals surface area contributed by atoms with Crippen molar-refractivity contribution in [3.8, 4) is 11.5 Å². The van der Waals surface area contributed by atoms with Gasteiger partial charge in [0, 0.05) is 55.1 Å². The van der Waals surface area contributed by atoms with Crippen molar-refractivity contribution < 1.29 is 14.3 Å². The molecular formula is C21H27N3O3. The third-order valence-corrected chi connectivity index (χ3v) is 4.93. The highest BCUT2D eigenvalue weighted by Crippen LogP contribution is 2.30. The van der Waals surface area contributed by atoms with Crippen molar-refractivity contribution in [2.45, 2.75) is 25.3 Å². The topological polar surface area (TPSA) is 76.8 Å². The van der Waals surface area contributed by atoms with E-state index >= 15 is 0 Å². The number of para-hydroxylation sites is 1. The van der Waals surface area contributed by atoms with Crippen molar-refractivity contribution in [3.63, 3.8) is 0 Å². The van der Waals surface area contributed by atoms with Gasteiger partial charge in [0.1, 0.15) is 11.5 Å². The van der Waals surface area contributed by atoms with Crippen LogP contribution in [0.25, 0.3) is 0 Å². The van der Waals surface area contributed by atoms with E-state index in [1.807, 2.05) is 42.5 Å². The van der Waals surface area contributed by atoms with Crippen LogP contribution in [0.15, 0.2) is 42.5 Å². The fraction of sp³-hybridized carbons (Fsp3) is 0.381. The van der Waals surface area contributed by atoms with Crippen molar-refractivity contribution in [1.82, 2.24) is 5.32 Å². The number of hydrogen-bond donors (Lipinski definition) is 2. The summed E-state index contributed by atoms with van der Waals surface area (Å²) < 4.78 is 10.7. The number of methoxy groups -OCH3 is 2. The largest absolute Gasteiger partial charge is 0.497 e. The van der Waals surface area contributed by atoms with Crippen molar-refractivity contribution >= 4 is 17.3 Å². The number of carbonyl (C=O) groups is 1. The summed E-state index contributed by atoms with van der Waals surface area (Å²) >= 11 is 0. The Morgan fingerprint density at radius 3 is 2.56 bits per heavy atom. The molecule has 1 unspecified atom stereocenters. The molecule has 3 N–H and O–H groups in total. The van der Waals surface area contributed by atoms with Crippen molar-refractivity contribution in [2.24, 2.45) is 0 Å². The van der Waals surface area contributed by atoms with Gasteiger partial charge < -0.3 is 25.4 Å². The zero-order valence-electron chi connectivity index (χ0n) is 15.9. The number of rotatable bonds is 7. The number of nitrogens with two attached hydrogens (primary N) is 1. The molecule has 1 fully saturated rings. The first-order chi connectivity index (χ1) is 13.1. The lowest BCUT2D eigenvalue weighted by Crippen LogP contribution is -2.37. The molecule has 1 atom stereocenters. The van der Waals surface area contributed by atoms with Crippen molar-refractivity contribution in [3.05, 3.63) is 48.0 Å². The van der Waals surface area contributed by atoms with Gasteiger partial charge in [0.15, 0.2) is 0 Å². The number of benzene rings is 2. The average molecular weight is 369 g/mol. The summed E-state index contributed by atoms with van der Waals surface area (Å²) in [7, 11) is 3.29. The summed E-state index contributed by atoms with van der Waals surface area (Å²) in [5, 5.41) is 3.14. The summed E-state index contributed by atoms with van der Waals surface area (Å²) in [5.41, 5.74) is 8.74. The van der Waals surface area contributed by atoms with Crippen LogP contribution >= 0.6 is 0 Å². The van der Waals surface area contributed by atoms with E-state index in [2.05, 4.69) is 10.2 Å². The fourth-order valence-corrected chi connectivity index (χ4v) is 3.40. The number of nitrogens with zero attached hydrogens (tertiary/aromatic N) is 1. The molecule has 3 rings (SSSR count). The molecule has 1 aliphatic rings. The molecule has 1 saturated heterocycles. The SMILES string of the molecule is COc1cc(OC)cc(N2CCC(NC(=O)CCc3ccccc3N)C2)c1. The van der Waals surface area contributed by atoms with E-state index in [9.17, 15) is 4.79 Å². The zero-order chi connectivity index (χ0) is 19.2. The molecule has 6 nitrogen and oxygen atoms in total. The average Bonchev–Trinajstić information content (AvgIpc) is 3.15. The van der Waals surface area contributed by atoms with Crippen LogP contribution in [0.2, 0.25) is 0 Å². The highest BCUT2D eigenvalue weighted by molar-refractivity contribution is 5.77. The molecule has 0 saturated carbocycles. The number of amides is 1. The molecule has 1 aliphatic heterocycles. The number of anilines is 2. The van der Waals surface area contributed by atoms with Crippen LogP contribution in [0.3, 0.4) is 0 Å². The van der Waals surface area contributed by atoms with Gasteiger partial charge in [0.05, 0.1) is 14.2 Å². The number of nitrogen functional groups attached to an aromatic ring is 1. The van der Waals surface area contributed by atoms with Gasteiger partial charge >= 0.3 is 0 Å². The number of ether oxygens (including phenoxy) is 2. The third kappa shape index (κ3) is 4.84. The molecule has 0 radical (unpaired) electrons. The molecule has 1 heterocycles. The van der Waals surface area contributed by atoms with Crippen LogP contribution < -0.4 is 25.4 Å².